The fourth-order valence-electron chi connectivity index (χ4n) is 2.49. The third-order valence-corrected chi connectivity index (χ3v) is 3.55. The summed E-state index contributed by atoms with van der Waals surface area (Å²) in [5.41, 5.74) is 3.04. The maximum Gasteiger partial charge on any atom is 0.267 e. The first-order chi connectivity index (χ1) is 8.40. The summed E-state index contributed by atoms with van der Waals surface area (Å²) in [6, 6.07) is 0. The topological polar surface area (TPSA) is 16.8 Å². The average molecular weight is 251 g/mol. The van der Waals surface area contributed by atoms with Crippen LogP contribution in [0.5, 0.6) is 0 Å². The van der Waals surface area contributed by atoms with Crippen molar-refractivity contribution in [3.63, 3.8) is 0 Å². The van der Waals surface area contributed by atoms with E-state index < -0.39 is 11.6 Å². The van der Waals surface area contributed by atoms with Gasteiger partial charge < -0.3 is 0 Å². The zero-order valence-electron chi connectivity index (χ0n) is 11.4. The molecule has 0 amide bonds. The Morgan fingerprint density at radius 2 is 1.67 bits per heavy atom. The molecular weight excluding hydrogens is 234 g/mol. The van der Waals surface area contributed by atoms with Crippen molar-refractivity contribution in [3.05, 3.63) is 34.1 Å². The van der Waals surface area contributed by atoms with Crippen molar-refractivity contribution in [2.45, 2.75) is 34.1 Å². The molecular formula is C14H17F2N2+. The monoisotopic (exact) mass is 251 g/mol. The molecule has 0 bridgehead atoms. The molecule has 1 heterocycles. The van der Waals surface area contributed by atoms with E-state index in [9.17, 15) is 8.78 Å². The highest BCUT2D eigenvalue weighted by molar-refractivity contribution is 5.77. The van der Waals surface area contributed by atoms with Crippen LogP contribution in [-0.2, 0) is 13.5 Å². The van der Waals surface area contributed by atoms with E-state index in [2.05, 4.69) is 4.98 Å². The van der Waals surface area contributed by atoms with Crippen LogP contribution in [0.3, 0.4) is 0 Å². The van der Waals surface area contributed by atoms with Crippen LogP contribution in [0.2, 0.25) is 0 Å². The van der Waals surface area contributed by atoms with Crippen molar-refractivity contribution in [2.24, 2.45) is 7.05 Å². The van der Waals surface area contributed by atoms with E-state index in [0.29, 0.717) is 16.6 Å². The third kappa shape index (κ3) is 1.59. The number of aromatic nitrogens is 2. The van der Waals surface area contributed by atoms with Gasteiger partial charge in [-0.3, -0.25) is 0 Å². The van der Waals surface area contributed by atoms with Crippen LogP contribution < -0.4 is 4.57 Å². The molecule has 0 aliphatic carbocycles. The summed E-state index contributed by atoms with van der Waals surface area (Å²) in [6.45, 7) is 6.97. The van der Waals surface area contributed by atoms with E-state index in [4.69, 9.17) is 0 Å². The molecule has 0 N–H and O–H groups in total. The normalized spacial score (nSPS) is 11.3. The molecule has 96 valence electrons. The average Bonchev–Trinajstić information content (AvgIpc) is 2.33. The molecule has 0 aliphatic heterocycles. The second kappa shape index (κ2) is 4.26. The lowest BCUT2D eigenvalue weighted by Gasteiger charge is -2.10. The zero-order valence-corrected chi connectivity index (χ0v) is 11.4. The van der Waals surface area contributed by atoms with Gasteiger partial charge in [-0.05, 0) is 20.8 Å². The molecule has 0 aliphatic rings. The summed E-state index contributed by atoms with van der Waals surface area (Å²) in [6.07, 6.45) is 0.764. The highest BCUT2D eigenvalue weighted by atomic mass is 19.1. The third-order valence-electron chi connectivity index (χ3n) is 3.55. The van der Waals surface area contributed by atoms with E-state index in [0.717, 1.165) is 17.8 Å². The van der Waals surface area contributed by atoms with Crippen molar-refractivity contribution in [3.8, 4) is 0 Å². The molecule has 0 saturated carbocycles. The molecule has 1 aromatic heterocycles. The van der Waals surface area contributed by atoms with Gasteiger partial charge in [0, 0.05) is 17.5 Å². The largest absolute Gasteiger partial charge is 0.267 e. The van der Waals surface area contributed by atoms with E-state index >= 15 is 0 Å². The van der Waals surface area contributed by atoms with Crippen LogP contribution in [0.15, 0.2) is 0 Å². The molecule has 0 saturated heterocycles. The van der Waals surface area contributed by atoms with E-state index in [1.165, 1.54) is 6.92 Å². The Kier molecular flexibility index (Phi) is 3.05. The highest BCUT2D eigenvalue weighted by Crippen LogP contribution is 2.25. The minimum atomic E-state index is -0.516. The molecule has 2 nitrogen and oxygen atoms in total. The summed E-state index contributed by atoms with van der Waals surface area (Å²) >= 11 is 0. The summed E-state index contributed by atoms with van der Waals surface area (Å²) in [5.74, 6) is -1.02. The molecule has 0 radical (unpaired) electrons. The van der Waals surface area contributed by atoms with Gasteiger partial charge in [-0.2, -0.15) is 8.96 Å². The van der Waals surface area contributed by atoms with Crippen molar-refractivity contribution in [1.29, 1.82) is 0 Å². The predicted molar refractivity (Wildman–Crippen MR) is 66.4 cm³/mol. The van der Waals surface area contributed by atoms with Crippen LogP contribution in [-0.4, -0.2) is 4.98 Å². The van der Waals surface area contributed by atoms with Crippen molar-refractivity contribution in [1.82, 2.24) is 4.98 Å². The molecule has 2 aromatic rings. The minimum Gasteiger partial charge on any atom is -0.240 e. The maximum absolute atomic E-state index is 14.2. The summed E-state index contributed by atoms with van der Waals surface area (Å²) in [5, 5.41) is 0. The Morgan fingerprint density at radius 1 is 1.06 bits per heavy atom. The zero-order chi connectivity index (χ0) is 13.6. The van der Waals surface area contributed by atoms with Gasteiger partial charge in [0.05, 0.1) is 0 Å². The number of halogens is 2. The van der Waals surface area contributed by atoms with Gasteiger partial charge in [0.2, 0.25) is 11.5 Å². The van der Waals surface area contributed by atoms with Crippen LogP contribution >= 0.6 is 0 Å². The summed E-state index contributed by atoms with van der Waals surface area (Å²) < 4.78 is 29.9. The van der Waals surface area contributed by atoms with Crippen LogP contribution in [0.4, 0.5) is 8.78 Å². The highest BCUT2D eigenvalue weighted by Gasteiger charge is 2.25. The van der Waals surface area contributed by atoms with Crippen molar-refractivity contribution < 1.29 is 13.3 Å². The smallest absolute Gasteiger partial charge is 0.240 e. The Balaban J connectivity index is 3.07. The second-order valence-corrected chi connectivity index (χ2v) is 4.63. The number of aryl methyl sites for hydroxylation is 3. The first-order valence-electron chi connectivity index (χ1n) is 6.03. The second-order valence-electron chi connectivity index (χ2n) is 4.63. The van der Waals surface area contributed by atoms with Gasteiger partial charge in [0.15, 0.2) is 0 Å². The number of hydrogen-bond acceptors (Lipinski definition) is 1. The molecule has 1 aromatic carbocycles. The number of nitrogens with zero attached hydrogens (tertiary/aromatic N) is 2. The van der Waals surface area contributed by atoms with Gasteiger partial charge in [-0.15, -0.1) is 0 Å². The number of fused-ring (bicyclic) bond motifs is 1. The SMILES string of the molecule is CCc1c(C)nc2c(C)c(F)c(C)c(F)c2[n+]1C. The van der Waals surface area contributed by atoms with E-state index in [1.807, 2.05) is 13.8 Å². The van der Waals surface area contributed by atoms with Crippen LogP contribution in [0, 0.1) is 32.4 Å². The number of rotatable bonds is 1. The van der Waals surface area contributed by atoms with Gasteiger partial charge in [0.1, 0.15) is 24.1 Å². The molecule has 0 atom stereocenters. The molecule has 4 heteroatoms. The predicted octanol–water partition coefficient (Wildman–Crippen LogP) is 2.83. The fraction of sp³-hybridized carbons (Fsp3) is 0.429. The van der Waals surface area contributed by atoms with E-state index in [1.54, 1.807) is 18.5 Å². The van der Waals surface area contributed by atoms with Gasteiger partial charge >= 0.3 is 0 Å². The maximum atomic E-state index is 14.2. The lowest BCUT2D eigenvalue weighted by Crippen LogP contribution is -2.37. The molecule has 18 heavy (non-hydrogen) atoms. The van der Waals surface area contributed by atoms with Gasteiger partial charge in [0.25, 0.3) is 5.52 Å². The van der Waals surface area contributed by atoms with Crippen molar-refractivity contribution in [2.75, 3.05) is 0 Å². The lowest BCUT2D eigenvalue weighted by atomic mass is 10.1. The fourth-order valence-corrected chi connectivity index (χ4v) is 2.49. The molecule has 0 fully saturated rings. The summed E-state index contributed by atoms with van der Waals surface area (Å²) in [7, 11) is 1.80. The van der Waals surface area contributed by atoms with E-state index in [-0.39, 0.29) is 5.56 Å². The Labute approximate surface area is 105 Å². The standard InChI is InChI=1S/C14H17F2N2/c1-6-10-9(4)17-13-8(3)11(15)7(2)12(16)14(13)18(10)5/h6H2,1-5H3/q+1. The summed E-state index contributed by atoms with van der Waals surface area (Å²) in [4.78, 5) is 4.37. The van der Waals surface area contributed by atoms with Crippen LogP contribution in [0.1, 0.15) is 29.4 Å². The number of benzene rings is 1. The molecule has 0 spiro atoms. The van der Waals surface area contributed by atoms with Crippen molar-refractivity contribution >= 4 is 11.0 Å². The van der Waals surface area contributed by atoms with Crippen LogP contribution in [0.25, 0.3) is 11.0 Å². The lowest BCUT2D eigenvalue weighted by molar-refractivity contribution is -0.654. The van der Waals surface area contributed by atoms with Gasteiger partial charge in [-0.25, -0.2) is 9.37 Å². The first kappa shape index (κ1) is 12.9. The molecule has 0 unspecified atom stereocenters. The van der Waals surface area contributed by atoms with Gasteiger partial charge in [-0.1, -0.05) is 6.92 Å². The molecule has 2 rings (SSSR count). The number of hydrogen-bond donors (Lipinski definition) is 0. The Bertz CT molecular complexity index is 649. The Morgan fingerprint density at radius 3 is 2.22 bits per heavy atom. The minimum absolute atomic E-state index is 0.0586. The quantitative estimate of drug-likeness (QED) is 0.712. The first-order valence-corrected chi connectivity index (χ1v) is 6.03. The Hall–Kier alpha value is -1.58.